The van der Waals surface area contributed by atoms with Gasteiger partial charge in [0.05, 0.1) is 7.11 Å². The fourth-order valence-corrected chi connectivity index (χ4v) is 1.31. The minimum atomic E-state index is -0.466. The van der Waals surface area contributed by atoms with Gasteiger partial charge in [0.25, 0.3) is 0 Å². The molecule has 0 spiro atoms. The Labute approximate surface area is 79.0 Å². The van der Waals surface area contributed by atoms with E-state index in [1.165, 1.54) is 20.0 Å². The van der Waals surface area contributed by atoms with Crippen LogP contribution in [0.1, 0.15) is 19.3 Å². The van der Waals surface area contributed by atoms with Gasteiger partial charge in [0.1, 0.15) is 6.04 Å². The van der Waals surface area contributed by atoms with E-state index in [-0.39, 0.29) is 5.97 Å². The third kappa shape index (κ3) is 3.32. The molecule has 0 aromatic heterocycles. The molecule has 4 heteroatoms. The van der Waals surface area contributed by atoms with E-state index in [0.29, 0.717) is 6.42 Å². The molecule has 76 valence electrons. The number of rotatable bonds is 5. The largest absolute Gasteiger partial charge is 0.468 e. The summed E-state index contributed by atoms with van der Waals surface area (Å²) in [5.41, 5.74) is 5.60. The van der Waals surface area contributed by atoms with Crippen LogP contribution in [0.3, 0.4) is 0 Å². The predicted molar refractivity (Wildman–Crippen MR) is 50.3 cm³/mol. The van der Waals surface area contributed by atoms with Crippen molar-refractivity contribution in [2.24, 2.45) is 5.73 Å². The van der Waals surface area contributed by atoms with E-state index in [4.69, 9.17) is 5.73 Å². The first-order valence-electron chi connectivity index (χ1n) is 4.68. The topological polar surface area (TPSA) is 55.6 Å². The molecule has 0 saturated heterocycles. The lowest BCUT2D eigenvalue weighted by Gasteiger charge is -2.17. The molecule has 0 heterocycles. The van der Waals surface area contributed by atoms with Gasteiger partial charge in [-0.05, 0) is 26.3 Å². The number of nitrogens with zero attached hydrogens (tertiary/aromatic N) is 1. The van der Waals surface area contributed by atoms with Crippen LogP contribution in [0.4, 0.5) is 0 Å². The Bertz CT molecular complexity index is 180. The average molecular weight is 186 g/mol. The zero-order valence-electron chi connectivity index (χ0n) is 8.32. The van der Waals surface area contributed by atoms with Crippen LogP contribution >= 0.6 is 0 Å². The molecule has 1 atom stereocenters. The number of carbonyl (C=O) groups excluding carboxylic acids is 1. The van der Waals surface area contributed by atoms with Gasteiger partial charge < -0.3 is 15.4 Å². The molecule has 2 N–H and O–H groups in total. The van der Waals surface area contributed by atoms with E-state index < -0.39 is 6.04 Å². The lowest BCUT2D eigenvalue weighted by Crippen LogP contribution is -2.35. The summed E-state index contributed by atoms with van der Waals surface area (Å²) in [5.74, 6) is -0.316. The van der Waals surface area contributed by atoms with Gasteiger partial charge in [0.15, 0.2) is 0 Å². The van der Waals surface area contributed by atoms with Crippen LogP contribution in [-0.4, -0.2) is 43.7 Å². The number of nitrogens with two attached hydrogens (primary N) is 1. The van der Waals surface area contributed by atoms with E-state index in [9.17, 15) is 4.79 Å². The third-order valence-electron chi connectivity index (χ3n) is 2.47. The molecule has 0 amide bonds. The summed E-state index contributed by atoms with van der Waals surface area (Å²) in [6.45, 7) is 0.876. The van der Waals surface area contributed by atoms with Crippen molar-refractivity contribution >= 4 is 5.97 Å². The van der Waals surface area contributed by atoms with E-state index in [1.807, 2.05) is 0 Å². The van der Waals surface area contributed by atoms with Crippen LogP contribution in [-0.2, 0) is 9.53 Å². The van der Waals surface area contributed by atoms with Gasteiger partial charge in [-0.2, -0.15) is 0 Å². The molecule has 1 aliphatic carbocycles. The zero-order valence-corrected chi connectivity index (χ0v) is 8.32. The van der Waals surface area contributed by atoms with Gasteiger partial charge in [-0.25, -0.2) is 0 Å². The molecule has 0 aromatic carbocycles. The standard InChI is InChI=1S/C9H18N2O2/c1-11(7-3-4-7)6-5-8(10)9(12)13-2/h7-8H,3-6,10H2,1-2H3. The van der Waals surface area contributed by atoms with Crippen molar-refractivity contribution in [1.29, 1.82) is 0 Å². The smallest absolute Gasteiger partial charge is 0.322 e. The molecular formula is C9H18N2O2. The normalized spacial score (nSPS) is 18.8. The van der Waals surface area contributed by atoms with Crippen LogP contribution in [0, 0.1) is 0 Å². The summed E-state index contributed by atoms with van der Waals surface area (Å²) in [4.78, 5) is 13.2. The molecule has 1 rings (SSSR count). The van der Waals surface area contributed by atoms with Crippen molar-refractivity contribution in [3.63, 3.8) is 0 Å². The molecule has 0 aliphatic heterocycles. The average Bonchev–Trinajstić information content (AvgIpc) is 2.95. The first-order valence-corrected chi connectivity index (χ1v) is 4.68. The van der Waals surface area contributed by atoms with Crippen LogP contribution in [0.15, 0.2) is 0 Å². The monoisotopic (exact) mass is 186 g/mol. The van der Waals surface area contributed by atoms with E-state index in [2.05, 4.69) is 16.7 Å². The molecule has 4 nitrogen and oxygen atoms in total. The highest BCUT2D eigenvalue weighted by Crippen LogP contribution is 2.25. The fourth-order valence-electron chi connectivity index (χ4n) is 1.31. The lowest BCUT2D eigenvalue weighted by molar-refractivity contribution is -0.142. The summed E-state index contributed by atoms with van der Waals surface area (Å²) < 4.78 is 4.54. The molecular weight excluding hydrogens is 168 g/mol. The van der Waals surface area contributed by atoms with Crippen LogP contribution < -0.4 is 5.73 Å². The van der Waals surface area contributed by atoms with Gasteiger partial charge in [-0.1, -0.05) is 0 Å². The quantitative estimate of drug-likeness (QED) is 0.613. The third-order valence-corrected chi connectivity index (χ3v) is 2.47. The highest BCUT2D eigenvalue weighted by atomic mass is 16.5. The first kappa shape index (κ1) is 10.5. The summed E-state index contributed by atoms with van der Waals surface area (Å²) in [7, 11) is 3.44. The highest BCUT2D eigenvalue weighted by molar-refractivity contribution is 5.75. The Balaban J connectivity index is 2.13. The second kappa shape index (κ2) is 4.58. The van der Waals surface area contributed by atoms with E-state index in [1.54, 1.807) is 0 Å². The van der Waals surface area contributed by atoms with Gasteiger partial charge in [-0.15, -0.1) is 0 Å². The van der Waals surface area contributed by atoms with Gasteiger partial charge in [0.2, 0.25) is 0 Å². The molecule has 1 fully saturated rings. The summed E-state index contributed by atoms with van der Waals surface area (Å²) in [6.07, 6.45) is 3.24. The number of carbonyl (C=O) groups is 1. The second-order valence-electron chi connectivity index (χ2n) is 3.63. The number of methoxy groups -OCH3 is 1. The van der Waals surface area contributed by atoms with Crippen molar-refractivity contribution in [1.82, 2.24) is 4.90 Å². The maximum Gasteiger partial charge on any atom is 0.322 e. The summed E-state index contributed by atoms with van der Waals surface area (Å²) >= 11 is 0. The number of hydrogen-bond acceptors (Lipinski definition) is 4. The Kier molecular flexibility index (Phi) is 3.69. The number of ether oxygens (including phenoxy) is 1. The number of hydrogen-bond donors (Lipinski definition) is 1. The fraction of sp³-hybridized carbons (Fsp3) is 0.889. The highest BCUT2D eigenvalue weighted by Gasteiger charge is 2.26. The maximum absolute atomic E-state index is 10.9. The Morgan fingerprint density at radius 3 is 2.77 bits per heavy atom. The molecule has 0 aromatic rings. The van der Waals surface area contributed by atoms with Crippen LogP contribution in [0.5, 0.6) is 0 Å². The van der Waals surface area contributed by atoms with E-state index in [0.717, 1.165) is 12.6 Å². The molecule has 13 heavy (non-hydrogen) atoms. The molecule has 1 saturated carbocycles. The summed E-state index contributed by atoms with van der Waals surface area (Å²) in [6, 6.07) is 0.260. The minimum absolute atomic E-state index is 0.316. The molecule has 1 aliphatic rings. The predicted octanol–water partition coefficient (Wildman–Crippen LogP) is -0.0290. The van der Waals surface area contributed by atoms with Gasteiger partial charge in [-0.3, -0.25) is 4.79 Å². The Hall–Kier alpha value is -0.610. The van der Waals surface area contributed by atoms with Crippen LogP contribution in [0.2, 0.25) is 0 Å². The SMILES string of the molecule is COC(=O)C(N)CCN(C)C1CC1. The second-order valence-corrected chi connectivity index (χ2v) is 3.63. The van der Waals surface area contributed by atoms with Gasteiger partial charge >= 0.3 is 5.97 Å². The molecule has 1 unspecified atom stereocenters. The zero-order chi connectivity index (χ0) is 9.84. The Morgan fingerprint density at radius 1 is 1.69 bits per heavy atom. The van der Waals surface area contributed by atoms with Crippen molar-refractivity contribution < 1.29 is 9.53 Å². The lowest BCUT2D eigenvalue weighted by atomic mass is 10.2. The minimum Gasteiger partial charge on any atom is -0.468 e. The van der Waals surface area contributed by atoms with Crippen molar-refractivity contribution in [3.05, 3.63) is 0 Å². The van der Waals surface area contributed by atoms with Crippen molar-refractivity contribution in [2.45, 2.75) is 31.3 Å². The van der Waals surface area contributed by atoms with Crippen molar-refractivity contribution in [3.8, 4) is 0 Å². The summed E-state index contributed by atoms with van der Waals surface area (Å²) in [5, 5.41) is 0. The Morgan fingerprint density at radius 2 is 2.31 bits per heavy atom. The van der Waals surface area contributed by atoms with Crippen LogP contribution in [0.25, 0.3) is 0 Å². The van der Waals surface area contributed by atoms with Crippen molar-refractivity contribution in [2.75, 3.05) is 20.7 Å². The number of esters is 1. The van der Waals surface area contributed by atoms with Gasteiger partial charge in [0, 0.05) is 12.6 Å². The maximum atomic E-state index is 10.9. The van der Waals surface area contributed by atoms with E-state index >= 15 is 0 Å². The first-order chi connectivity index (χ1) is 6.15. The molecule has 0 bridgehead atoms. The molecule has 0 radical (unpaired) electrons.